The maximum absolute atomic E-state index is 14.1. The van der Waals surface area contributed by atoms with Gasteiger partial charge in [-0.1, -0.05) is 59.0 Å². The number of aromatic nitrogens is 1. The monoisotopic (exact) mass is 669 g/mol. The Morgan fingerprint density at radius 3 is 2.30 bits per heavy atom. The second kappa shape index (κ2) is 12.0. The SMILES string of the molecule is COc1ccc([C@H]2c3sc(=O)n(CC(=O)Nc4ccc(C)cc4)c3SC3C(=O)N(c4ccccc4C(F)(F)F)C(=O)C32)cc1OC. The average Bonchev–Trinajstić information content (AvgIpc) is 3.47. The quantitative estimate of drug-likeness (QED) is 0.252. The lowest BCUT2D eigenvalue weighted by molar-refractivity contribution is -0.137. The minimum Gasteiger partial charge on any atom is -0.493 e. The Labute approximate surface area is 268 Å². The Bertz CT molecular complexity index is 1920. The molecule has 3 atom stereocenters. The molecule has 1 saturated heterocycles. The van der Waals surface area contributed by atoms with E-state index in [1.807, 2.05) is 19.1 Å². The number of fused-ring (bicyclic) bond motifs is 2. The van der Waals surface area contributed by atoms with Gasteiger partial charge < -0.3 is 14.8 Å². The summed E-state index contributed by atoms with van der Waals surface area (Å²) in [5, 5.41) is 1.87. The van der Waals surface area contributed by atoms with Crippen molar-refractivity contribution in [1.82, 2.24) is 4.57 Å². The fourth-order valence-corrected chi connectivity index (χ4v) is 8.56. The lowest BCUT2D eigenvalue weighted by Crippen LogP contribution is -2.33. The van der Waals surface area contributed by atoms with Gasteiger partial charge in [-0.25, -0.2) is 4.90 Å². The predicted octanol–water partition coefficient (Wildman–Crippen LogP) is 5.69. The highest BCUT2D eigenvalue weighted by Crippen LogP contribution is 2.55. The van der Waals surface area contributed by atoms with E-state index in [-0.39, 0.29) is 6.54 Å². The third-order valence-corrected chi connectivity index (χ3v) is 10.5. The summed E-state index contributed by atoms with van der Waals surface area (Å²) >= 11 is 1.73. The second-order valence-corrected chi connectivity index (χ2v) is 12.8. The Morgan fingerprint density at radius 2 is 1.63 bits per heavy atom. The highest BCUT2D eigenvalue weighted by molar-refractivity contribution is 8.00. The molecular formula is C32H26F3N3O6S2. The first kappa shape index (κ1) is 31.4. The van der Waals surface area contributed by atoms with Gasteiger partial charge in [0.25, 0.3) is 0 Å². The first-order valence-corrected chi connectivity index (χ1v) is 15.6. The molecule has 46 heavy (non-hydrogen) atoms. The van der Waals surface area contributed by atoms with E-state index >= 15 is 0 Å². The molecular weight excluding hydrogens is 643 g/mol. The van der Waals surface area contributed by atoms with Crippen molar-refractivity contribution in [3.63, 3.8) is 0 Å². The Balaban J connectivity index is 1.46. The molecule has 0 bridgehead atoms. The van der Waals surface area contributed by atoms with Crippen LogP contribution in [0.5, 0.6) is 11.5 Å². The number of amides is 3. The molecule has 0 radical (unpaired) electrons. The van der Waals surface area contributed by atoms with Crippen LogP contribution in [0.4, 0.5) is 24.5 Å². The average molecular weight is 670 g/mol. The zero-order valence-corrected chi connectivity index (χ0v) is 26.2. The van der Waals surface area contributed by atoms with Gasteiger partial charge in [-0.15, -0.1) is 0 Å². The largest absolute Gasteiger partial charge is 0.493 e. The number of hydrogen-bond donors (Lipinski definition) is 1. The number of nitrogens with zero attached hydrogens (tertiary/aromatic N) is 2. The number of anilines is 2. The van der Waals surface area contributed by atoms with E-state index in [4.69, 9.17) is 9.47 Å². The second-order valence-electron chi connectivity index (χ2n) is 10.7. The van der Waals surface area contributed by atoms with Gasteiger partial charge in [0.2, 0.25) is 17.7 Å². The topological polar surface area (TPSA) is 107 Å². The van der Waals surface area contributed by atoms with Crippen LogP contribution in [0.2, 0.25) is 0 Å². The van der Waals surface area contributed by atoms with Crippen LogP contribution in [-0.4, -0.2) is 41.8 Å². The molecule has 9 nitrogen and oxygen atoms in total. The molecule has 2 aliphatic heterocycles. The number of alkyl halides is 3. The van der Waals surface area contributed by atoms with E-state index < -0.39 is 57.1 Å². The first-order valence-electron chi connectivity index (χ1n) is 14.0. The molecule has 0 aliphatic carbocycles. The molecule has 3 heterocycles. The molecule has 2 aliphatic rings. The summed E-state index contributed by atoms with van der Waals surface area (Å²) in [5.74, 6) is -3.53. The molecule has 1 aromatic heterocycles. The van der Waals surface area contributed by atoms with E-state index in [0.717, 1.165) is 40.8 Å². The van der Waals surface area contributed by atoms with Crippen LogP contribution < -0.4 is 24.6 Å². The lowest BCUT2D eigenvalue weighted by atomic mass is 9.83. The number of carbonyl (C=O) groups is 3. The van der Waals surface area contributed by atoms with Crippen molar-refractivity contribution in [3.05, 3.63) is 98.0 Å². The Morgan fingerprint density at radius 1 is 0.935 bits per heavy atom. The normalized spacial score (nSPS) is 19.1. The fraction of sp³-hybridized carbons (Fsp3) is 0.250. The highest BCUT2D eigenvalue weighted by Gasteiger charge is 2.58. The van der Waals surface area contributed by atoms with Crippen molar-refractivity contribution in [2.24, 2.45) is 5.92 Å². The molecule has 4 aromatic rings. The number of ether oxygens (including phenoxy) is 2. The van der Waals surface area contributed by atoms with Gasteiger partial charge in [0.15, 0.2) is 11.5 Å². The number of thiazole rings is 1. The maximum Gasteiger partial charge on any atom is 0.418 e. The number of imide groups is 1. The van der Waals surface area contributed by atoms with E-state index in [2.05, 4.69) is 5.32 Å². The molecule has 2 unspecified atom stereocenters. The molecule has 0 saturated carbocycles. The number of thioether (sulfide) groups is 1. The Hall–Kier alpha value is -4.56. The summed E-state index contributed by atoms with van der Waals surface area (Å²) in [4.78, 5) is 55.1. The number of rotatable bonds is 7. The van der Waals surface area contributed by atoms with E-state index in [9.17, 15) is 32.3 Å². The number of methoxy groups -OCH3 is 2. The van der Waals surface area contributed by atoms with Crippen molar-refractivity contribution in [2.45, 2.75) is 35.8 Å². The smallest absolute Gasteiger partial charge is 0.418 e. The van der Waals surface area contributed by atoms with Gasteiger partial charge in [-0.2, -0.15) is 13.2 Å². The summed E-state index contributed by atoms with van der Waals surface area (Å²) in [7, 11) is 2.87. The number of halogens is 3. The summed E-state index contributed by atoms with van der Waals surface area (Å²) in [6, 6.07) is 16.4. The minimum atomic E-state index is -4.83. The number of hydrogen-bond acceptors (Lipinski definition) is 8. The molecule has 3 aromatic carbocycles. The minimum absolute atomic E-state index is 0.294. The van der Waals surface area contributed by atoms with Crippen molar-refractivity contribution in [3.8, 4) is 11.5 Å². The first-order chi connectivity index (χ1) is 21.9. The van der Waals surface area contributed by atoms with Gasteiger partial charge in [0.05, 0.1) is 36.4 Å². The van der Waals surface area contributed by atoms with Gasteiger partial charge in [0, 0.05) is 16.5 Å². The van der Waals surface area contributed by atoms with Gasteiger partial charge in [0.1, 0.15) is 11.8 Å². The van der Waals surface area contributed by atoms with Gasteiger partial charge >= 0.3 is 11.0 Å². The molecule has 0 spiro atoms. The lowest BCUT2D eigenvalue weighted by Gasteiger charge is -2.31. The number of aryl methyl sites for hydroxylation is 1. The van der Waals surface area contributed by atoms with Crippen molar-refractivity contribution < 1.29 is 37.0 Å². The van der Waals surface area contributed by atoms with Crippen LogP contribution in [0, 0.1) is 12.8 Å². The van der Waals surface area contributed by atoms with Crippen molar-refractivity contribution in [2.75, 3.05) is 24.4 Å². The van der Waals surface area contributed by atoms with E-state index in [1.165, 1.54) is 30.9 Å². The van der Waals surface area contributed by atoms with Crippen LogP contribution in [0.3, 0.4) is 0 Å². The molecule has 1 N–H and O–H groups in total. The molecule has 14 heteroatoms. The zero-order valence-electron chi connectivity index (χ0n) is 24.6. The highest BCUT2D eigenvalue weighted by atomic mass is 32.2. The molecule has 3 amide bonds. The van der Waals surface area contributed by atoms with E-state index in [0.29, 0.717) is 37.6 Å². The summed E-state index contributed by atoms with van der Waals surface area (Å²) in [6.07, 6.45) is -4.83. The Kier molecular flexibility index (Phi) is 8.19. The number of para-hydroxylation sites is 1. The predicted molar refractivity (Wildman–Crippen MR) is 167 cm³/mol. The van der Waals surface area contributed by atoms with Crippen LogP contribution in [0.1, 0.15) is 27.5 Å². The van der Waals surface area contributed by atoms with E-state index in [1.54, 1.807) is 30.3 Å². The maximum atomic E-state index is 14.1. The number of carbonyl (C=O) groups excluding carboxylic acids is 3. The number of nitrogens with one attached hydrogen (secondary N) is 1. The van der Waals surface area contributed by atoms with Crippen LogP contribution in [0.25, 0.3) is 0 Å². The van der Waals surface area contributed by atoms with Crippen molar-refractivity contribution in [1.29, 1.82) is 0 Å². The standard InChI is InChI=1S/C32H26F3N3O6S2/c1-16-8-11-18(12-9-16)36-23(39)15-37-30-27(46-31(37)42)24(17-10-13-21(43-2)22(14-17)44-3)25-26(45-30)29(41)38(28(25)40)20-7-5-4-6-19(20)32(33,34)35/h4-14,24-26H,15H2,1-3H3,(H,36,39)/t24-,25?,26?/m1/s1. The van der Waals surface area contributed by atoms with Gasteiger partial charge in [-0.3, -0.25) is 23.7 Å². The summed E-state index contributed by atoms with van der Waals surface area (Å²) in [5.41, 5.74) is 0.320. The van der Waals surface area contributed by atoms with Crippen LogP contribution in [0.15, 0.2) is 76.6 Å². The molecule has 1 fully saturated rings. The fourth-order valence-electron chi connectivity index (χ4n) is 5.79. The van der Waals surface area contributed by atoms with Crippen LogP contribution >= 0.6 is 23.1 Å². The third kappa shape index (κ3) is 5.45. The summed E-state index contributed by atoms with van der Waals surface area (Å²) in [6.45, 7) is 1.52. The molecule has 238 valence electrons. The van der Waals surface area contributed by atoms with Crippen LogP contribution in [-0.2, 0) is 27.1 Å². The number of benzene rings is 3. The zero-order chi connectivity index (χ0) is 32.9. The van der Waals surface area contributed by atoms with Crippen molar-refractivity contribution >= 4 is 52.2 Å². The third-order valence-electron chi connectivity index (χ3n) is 7.90. The summed E-state index contributed by atoms with van der Waals surface area (Å²) < 4.78 is 54.1. The van der Waals surface area contributed by atoms with Gasteiger partial charge in [-0.05, 0) is 48.9 Å². The molecule has 6 rings (SSSR count).